The zero-order valence-electron chi connectivity index (χ0n) is 12.4. The minimum absolute atomic E-state index is 0.0493. The first-order valence-electron chi connectivity index (χ1n) is 6.96. The van der Waals surface area contributed by atoms with E-state index in [4.69, 9.17) is 20.3 Å². The molecule has 2 aromatic rings. The van der Waals surface area contributed by atoms with Gasteiger partial charge in [-0.2, -0.15) is 0 Å². The van der Waals surface area contributed by atoms with Crippen LogP contribution < -0.4 is 9.96 Å². The lowest BCUT2D eigenvalue weighted by atomic mass is 10.1. The van der Waals surface area contributed by atoms with Crippen LogP contribution in [0.3, 0.4) is 0 Å². The Balaban J connectivity index is 2.05. The first kappa shape index (κ1) is 18.7. The van der Waals surface area contributed by atoms with E-state index in [1.165, 1.54) is 0 Å². The number of carboxylic acid groups (broad SMARTS) is 1. The van der Waals surface area contributed by atoms with Gasteiger partial charge in [-0.25, -0.2) is 0 Å². The lowest BCUT2D eigenvalue weighted by Crippen LogP contribution is -2.10. The first-order chi connectivity index (χ1) is 11.4. The molecular weight excluding hydrogens is 446 g/mol. The van der Waals surface area contributed by atoms with Crippen LogP contribution in [0.2, 0.25) is 0 Å². The van der Waals surface area contributed by atoms with E-state index in [1.807, 2.05) is 12.1 Å². The molecular formula is C16H15Br2NO5. The third kappa shape index (κ3) is 5.20. The highest BCUT2D eigenvalue weighted by atomic mass is 79.9. The summed E-state index contributed by atoms with van der Waals surface area (Å²) >= 11 is 6.87. The number of aryl methyl sites for hydroxylation is 1. The van der Waals surface area contributed by atoms with Gasteiger partial charge in [-0.05, 0) is 73.7 Å². The molecule has 0 aromatic heterocycles. The SMILES string of the molecule is O=C(O)CCc1cc(Br)c(OCc2ccc(N(O)O)cc2)c(Br)c1. The molecule has 0 radical (unpaired) electrons. The minimum Gasteiger partial charge on any atom is -0.487 e. The molecule has 0 saturated heterocycles. The lowest BCUT2D eigenvalue weighted by molar-refractivity contribution is -0.136. The maximum atomic E-state index is 10.7. The largest absolute Gasteiger partial charge is 0.487 e. The molecule has 8 heteroatoms. The fourth-order valence-electron chi connectivity index (χ4n) is 2.03. The van der Waals surface area contributed by atoms with Crippen LogP contribution in [0.1, 0.15) is 17.5 Å². The Morgan fingerprint density at radius 2 is 1.62 bits per heavy atom. The zero-order chi connectivity index (χ0) is 17.7. The molecule has 2 rings (SSSR count). The Labute approximate surface area is 155 Å². The van der Waals surface area contributed by atoms with Gasteiger partial charge in [-0.3, -0.25) is 15.2 Å². The number of ether oxygens (including phenoxy) is 1. The predicted octanol–water partition coefficient (Wildman–Crippen LogP) is 4.39. The van der Waals surface area contributed by atoms with E-state index >= 15 is 0 Å². The monoisotopic (exact) mass is 459 g/mol. The Morgan fingerprint density at radius 3 is 2.12 bits per heavy atom. The smallest absolute Gasteiger partial charge is 0.303 e. The van der Waals surface area contributed by atoms with Gasteiger partial charge in [0, 0.05) is 6.42 Å². The van der Waals surface area contributed by atoms with Gasteiger partial charge in [0.15, 0.2) is 0 Å². The van der Waals surface area contributed by atoms with Gasteiger partial charge < -0.3 is 9.84 Å². The first-order valence-corrected chi connectivity index (χ1v) is 8.54. The van der Waals surface area contributed by atoms with E-state index in [0.29, 0.717) is 18.8 Å². The number of rotatable bonds is 7. The predicted molar refractivity (Wildman–Crippen MR) is 94.6 cm³/mol. The molecule has 0 bridgehead atoms. The van der Waals surface area contributed by atoms with Crippen molar-refractivity contribution in [2.24, 2.45) is 0 Å². The molecule has 0 aliphatic heterocycles. The highest BCUT2D eigenvalue weighted by Gasteiger charge is 2.11. The molecule has 0 heterocycles. The summed E-state index contributed by atoms with van der Waals surface area (Å²) in [5, 5.41) is 26.6. The highest BCUT2D eigenvalue weighted by molar-refractivity contribution is 9.11. The number of aliphatic carboxylic acids is 1. The van der Waals surface area contributed by atoms with Crippen molar-refractivity contribution in [3.63, 3.8) is 0 Å². The number of halogens is 2. The van der Waals surface area contributed by atoms with Crippen LogP contribution in [0, 0.1) is 0 Å². The van der Waals surface area contributed by atoms with Crippen LogP contribution in [-0.2, 0) is 17.8 Å². The minimum atomic E-state index is -0.838. The summed E-state index contributed by atoms with van der Waals surface area (Å²) in [5.74, 6) is -0.223. The van der Waals surface area contributed by atoms with Crippen molar-refractivity contribution in [1.29, 1.82) is 0 Å². The van der Waals surface area contributed by atoms with Crippen LogP contribution in [0.5, 0.6) is 5.75 Å². The average molecular weight is 461 g/mol. The summed E-state index contributed by atoms with van der Waals surface area (Å²) in [7, 11) is 0. The Bertz CT molecular complexity index is 696. The Morgan fingerprint density at radius 1 is 1.04 bits per heavy atom. The molecule has 0 aliphatic carbocycles. The normalized spacial score (nSPS) is 10.5. The van der Waals surface area contributed by atoms with Crippen molar-refractivity contribution in [2.75, 3.05) is 5.23 Å². The van der Waals surface area contributed by atoms with E-state index in [0.717, 1.165) is 20.1 Å². The molecule has 0 aliphatic rings. The highest BCUT2D eigenvalue weighted by Crippen LogP contribution is 2.35. The van der Waals surface area contributed by atoms with Crippen molar-refractivity contribution in [3.05, 3.63) is 56.5 Å². The van der Waals surface area contributed by atoms with Crippen molar-refractivity contribution < 1.29 is 25.1 Å². The number of benzene rings is 2. The molecule has 0 unspecified atom stereocenters. The number of hydrogen-bond donors (Lipinski definition) is 3. The van der Waals surface area contributed by atoms with E-state index in [2.05, 4.69) is 31.9 Å². The van der Waals surface area contributed by atoms with E-state index in [-0.39, 0.29) is 17.3 Å². The average Bonchev–Trinajstić information content (AvgIpc) is 2.52. The molecule has 0 fully saturated rings. The molecule has 0 atom stereocenters. The van der Waals surface area contributed by atoms with Crippen LogP contribution in [-0.4, -0.2) is 21.5 Å². The fraction of sp³-hybridized carbons (Fsp3) is 0.188. The number of carbonyl (C=O) groups is 1. The third-order valence-electron chi connectivity index (χ3n) is 3.24. The molecule has 0 saturated carbocycles. The number of anilines is 1. The van der Waals surface area contributed by atoms with Gasteiger partial charge in [-0.15, -0.1) is 5.23 Å². The summed E-state index contributed by atoms with van der Waals surface area (Å²) in [6, 6.07) is 10.2. The van der Waals surface area contributed by atoms with Gasteiger partial charge in [-0.1, -0.05) is 12.1 Å². The van der Waals surface area contributed by atoms with Crippen LogP contribution in [0.15, 0.2) is 45.3 Å². The summed E-state index contributed by atoms with van der Waals surface area (Å²) in [6.45, 7) is 0.294. The summed E-state index contributed by atoms with van der Waals surface area (Å²) in [5.41, 5.74) is 2.00. The topological polar surface area (TPSA) is 90.2 Å². The van der Waals surface area contributed by atoms with Crippen LogP contribution in [0.4, 0.5) is 5.69 Å². The van der Waals surface area contributed by atoms with Gasteiger partial charge in [0.05, 0.1) is 14.6 Å². The lowest BCUT2D eigenvalue weighted by Gasteiger charge is -2.13. The van der Waals surface area contributed by atoms with Crippen molar-refractivity contribution in [3.8, 4) is 5.75 Å². The molecule has 128 valence electrons. The molecule has 24 heavy (non-hydrogen) atoms. The van der Waals surface area contributed by atoms with Crippen molar-refractivity contribution in [2.45, 2.75) is 19.4 Å². The van der Waals surface area contributed by atoms with Gasteiger partial charge >= 0.3 is 5.97 Å². The van der Waals surface area contributed by atoms with Crippen molar-refractivity contribution >= 4 is 43.5 Å². The Hall–Kier alpha value is -1.61. The molecule has 2 aromatic carbocycles. The van der Waals surface area contributed by atoms with Gasteiger partial charge in [0.25, 0.3) is 0 Å². The van der Waals surface area contributed by atoms with Gasteiger partial charge in [0.1, 0.15) is 12.4 Å². The molecule has 0 spiro atoms. The number of hydrogen-bond acceptors (Lipinski definition) is 5. The quantitative estimate of drug-likeness (QED) is 0.531. The second-order valence-corrected chi connectivity index (χ2v) is 6.74. The Kier molecular flexibility index (Phi) is 6.61. The summed E-state index contributed by atoms with van der Waals surface area (Å²) < 4.78 is 7.24. The number of carboxylic acids is 1. The summed E-state index contributed by atoms with van der Waals surface area (Å²) in [6.07, 6.45) is 0.505. The second kappa shape index (κ2) is 8.48. The third-order valence-corrected chi connectivity index (χ3v) is 4.41. The standard InChI is InChI=1S/C16H15Br2NO5/c17-13-7-11(3-6-15(20)21)8-14(18)16(13)24-9-10-1-4-12(5-2-10)19(22)23/h1-2,4-5,7-8,22-23H,3,6,9H2,(H,20,21). The summed E-state index contributed by atoms with van der Waals surface area (Å²) in [4.78, 5) is 10.7. The van der Waals surface area contributed by atoms with Crippen LogP contribution >= 0.6 is 31.9 Å². The van der Waals surface area contributed by atoms with E-state index in [1.54, 1.807) is 24.3 Å². The maximum Gasteiger partial charge on any atom is 0.303 e. The fourth-order valence-corrected chi connectivity index (χ4v) is 3.54. The molecule has 0 amide bonds. The van der Waals surface area contributed by atoms with E-state index < -0.39 is 5.97 Å². The van der Waals surface area contributed by atoms with Gasteiger partial charge in [0.2, 0.25) is 0 Å². The number of nitrogens with zero attached hydrogens (tertiary/aromatic N) is 1. The maximum absolute atomic E-state index is 10.7. The second-order valence-electron chi connectivity index (χ2n) is 5.03. The molecule has 6 nitrogen and oxygen atoms in total. The molecule has 3 N–H and O–H groups in total. The van der Waals surface area contributed by atoms with E-state index in [9.17, 15) is 4.79 Å². The zero-order valence-corrected chi connectivity index (χ0v) is 15.6. The van der Waals surface area contributed by atoms with Crippen LogP contribution in [0.25, 0.3) is 0 Å². The van der Waals surface area contributed by atoms with Crippen molar-refractivity contribution in [1.82, 2.24) is 0 Å².